The third kappa shape index (κ3) is 5.39. The minimum Gasteiger partial charge on any atom is -0.490 e. The van der Waals surface area contributed by atoms with Gasteiger partial charge in [-0.1, -0.05) is 17.3 Å². The van der Waals surface area contributed by atoms with Crippen LogP contribution in [0, 0.1) is 13.8 Å². The van der Waals surface area contributed by atoms with Gasteiger partial charge in [-0.2, -0.15) is 0 Å². The van der Waals surface area contributed by atoms with Crippen molar-refractivity contribution in [1.82, 2.24) is 0 Å². The molecule has 0 atom stereocenters. The average molecular weight is 279 g/mol. The summed E-state index contributed by atoms with van der Waals surface area (Å²) >= 11 is 1.75. The van der Waals surface area contributed by atoms with E-state index in [-0.39, 0.29) is 0 Å². The van der Waals surface area contributed by atoms with Crippen LogP contribution < -0.4 is 4.74 Å². The van der Waals surface area contributed by atoms with Gasteiger partial charge in [-0.3, -0.25) is 0 Å². The van der Waals surface area contributed by atoms with Crippen molar-refractivity contribution in [2.45, 2.75) is 25.7 Å². The Kier molecular flexibility index (Phi) is 7.11. The number of thioether (sulfide) groups is 1. The lowest BCUT2D eigenvalue weighted by Gasteiger charge is -2.11. The van der Waals surface area contributed by atoms with E-state index in [0.717, 1.165) is 11.5 Å². The predicted octanol–water partition coefficient (Wildman–Crippen LogP) is 3.98. The Balaban J connectivity index is 2.70. The first-order chi connectivity index (χ1) is 9.19. The van der Waals surface area contributed by atoms with Gasteiger partial charge in [-0.05, 0) is 44.0 Å². The van der Waals surface area contributed by atoms with Crippen molar-refractivity contribution in [3.05, 3.63) is 35.4 Å². The van der Waals surface area contributed by atoms with Gasteiger partial charge in [-0.15, -0.1) is 11.8 Å². The highest BCUT2D eigenvalue weighted by Crippen LogP contribution is 2.29. The Hall–Kier alpha value is -1.42. The van der Waals surface area contributed by atoms with Gasteiger partial charge in [0.25, 0.3) is 0 Å². The molecule has 0 N–H and O–H groups in total. The molecule has 0 heterocycles. The predicted molar refractivity (Wildman–Crippen MR) is 82.5 cm³/mol. The Labute approximate surface area is 119 Å². The molecule has 0 fully saturated rings. The summed E-state index contributed by atoms with van der Waals surface area (Å²) in [5.41, 5.74) is 2.46. The number of aryl methyl sites for hydroxylation is 2. The van der Waals surface area contributed by atoms with Crippen molar-refractivity contribution in [3.63, 3.8) is 0 Å². The second kappa shape index (κ2) is 8.64. The molecule has 0 spiro atoms. The molecule has 0 aliphatic rings. The van der Waals surface area contributed by atoms with Gasteiger partial charge in [0.05, 0.1) is 6.21 Å². The molecule has 0 bridgehead atoms. The maximum absolute atomic E-state index is 5.66. The number of ether oxygens (including phenoxy) is 1. The van der Waals surface area contributed by atoms with Gasteiger partial charge >= 0.3 is 0 Å². The van der Waals surface area contributed by atoms with Gasteiger partial charge in [-0.25, -0.2) is 0 Å². The Bertz CT molecular complexity index is 432. The molecule has 0 unspecified atom stereocenters. The van der Waals surface area contributed by atoms with E-state index in [1.165, 1.54) is 16.0 Å². The molecule has 104 valence electrons. The number of oxime groups is 1. The third-order valence-corrected chi connectivity index (χ3v) is 3.75. The number of hydrogen-bond acceptors (Lipinski definition) is 4. The molecule has 1 aromatic carbocycles. The van der Waals surface area contributed by atoms with Crippen LogP contribution >= 0.6 is 11.8 Å². The topological polar surface area (TPSA) is 30.8 Å². The smallest absolute Gasteiger partial charge is 0.120 e. The lowest BCUT2D eigenvalue weighted by molar-refractivity contribution is 0.215. The summed E-state index contributed by atoms with van der Waals surface area (Å²) in [6.07, 6.45) is 5.74. The second-order valence-corrected chi connectivity index (χ2v) is 5.08. The lowest BCUT2D eigenvalue weighted by atomic mass is 10.1. The molecule has 0 saturated carbocycles. The van der Waals surface area contributed by atoms with Crippen LogP contribution in [-0.2, 0) is 4.84 Å². The number of benzene rings is 1. The van der Waals surface area contributed by atoms with Crippen LogP contribution in [0.5, 0.6) is 5.75 Å². The van der Waals surface area contributed by atoms with Crippen LogP contribution in [0.3, 0.4) is 0 Å². The van der Waals surface area contributed by atoms with E-state index in [2.05, 4.69) is 36.0 Å². The highest BCUT2D eigenvalue weighted by atomic mass is 32.2. The molecule has 3 nitrogen and oxygen atoms in total. The highest BCUT2D eigenvalue weighted by molar-refractivity contribution is 8.00. The van der Waals surface area contributed by atoms with Crippen molar-refractivity contribution in [2.75, 3.05) is 19.5 Å². The van der Waals surface area contributed by atoms with E-state index in [4.69, 9.17) is 4.74 Å². The van der Waals surface area contributed by atoms with E-state index < -0.39 is 0 Å². The van der Waals surface area contributed by atoms with Crippen molar-refractivity contribution >= 4 is 18.0 Å². The van der Waals surface area contributed by atoms with Crippen LogP contribution in [0.4, 0.5) is 0 Å². The summed E-state index contributed by atoms with van der Waals surface area (Å²) in [4.78, 5) is 5.92. The summed E-state index contributed by atoms with van der Waals surface area (Å²) in [6.45, 7) is 6.81. The first-order valence-corrected chi connectivity index (χ1v) is 7.20. The summed E-state index contributed by atoms with van der Waals surface area (Å²) in [6, 6.07) is 4.15. The SMILES string of the molecule is C/C=C/COc1cc(C)c(SC/C=N/OC)c(C)c1. The molecule has 19 heavy (non-hydrogen) atoms. The van der Waals surface area contributed by atoms with Crippen molar-refractivity contribution < 1.29 is 9.57 Å². The molecule has 4 heteroatoms. The number of allylic oxidation sites excluding steroid dienone is 1. The monoisotopic (exact) mass is 279 g/mol. The van der Waals surface area contributed by atoms with Gasteiger partial charge in [0.1, 0.15) is 19.5 Å². The lowest BCUT2D eigenvalue weighted by Crippen LogP contribution is -1.96. The largest absolute Gasteiger partial charge is 0.490 e. The van der Waals surface area contributed by atoms with Crippen molar-refractivity contribution in [2.24, 2.45) is 5.16 Å². The van der Waals surface area contributed by atoms with E-state index in [0.29, 0.717) is 6.61 Å². The fourth-order valence-electron chi connectivity index (χ4n) is 1.69. The molecule has 0 aliphatic heterocycles. The highest BCUT2D eigenvalue weighted by Gasteiger charge is 2.06. The minimum atomic E-state index is 0.613. The molecule has 0 saturated heterocycles. The zero-order valence-electron chi connectivity index (χ0n) is 12.0. The molecule has 0 aliphatic carbocycles. The molecule has 0 radical (unpaired) electrons. The Morgan fingerprint density at radius 3 is 2.53 bits per heavy atom. The van der Waals surface area contributed by atoms with Crippen LogP contribution in [0.15, 0.2) is 34.3 Å². The quantitative estimate of drug-likeness (QED) is 0.327. The fraction of sp³-hybridized carbons (Fsp3) is 0.400. The van der Waals surface area contributed by atoms with E-state index in [9.17, 15) is 0 Å². The summed E-state index contributed by atoms with van der Waals surface area (Å²) < 4.78 is 5.66. The van der Waals surface area contributed by atoms with Crippen LogP contribution in [0.25, 0.3) is 0 Å². The van der Waals surface area contributed by atoms with E-state index in [1.807, 2.05) is 19.1 Å². The molecule has 0 amide bonds. The summed E-state index contributed by atoms with van der Waals surface area (Å²) in [7, 11) is 1.55. The maximum Gasteiger partial charge on any atom is 0.120 e. The second-order valence-electron chi connectivity index (χ2n) is 4.05. The van der Waals surface area contributed by atoms with Crippen LogP contribution in [0.1, 0.15) is 18.1 Å². The first kappa shape index (κ1) is 15.6. The third-order valence-electron chi connectivity index (χ3n) is 2.50. The van der Waals surface area contributed by atoms with Gasteiger partial charge in [0, 0.05) is 10.6 Å². The van der Waals surface area contributed by atoms with Crippen LogP contribution in [-0.4, -0.2) is 25.7 Å². The van der Waals surface area contributed by atoms with Crippen molar-refractivity contribution in [1.29, 1.82) is 0 Å². The molecule has 1 aromatic rings. The Morgan fingerprint density at radius 2 is 1.95 bits per heavy atom. The first-order valence-electron chi connectivity index (χ1n) is 6.22. The van der Waals surface area contributed by atoms with E-state index >= 15 is 0 Å². The molecular formula is C15H21NO2S. The Morgan fingerprint density at radius 1 is 1.26 bits per heavy atom. The number of nitrogens with zero attached hydrogens (tertiary/aromatic N) is 1. The molecule has 1 rings (SSSR count). The maximum atomic E-state index is 5.66. The van der Waals surface area contributed by atoms with Crippen LogP contribution in [0.2, 0.25) is 0 Å². The molecular weight excluding hydrogens is 258 g/mol. The van der Waals surface area contributed by atoms with Gasteiger partial charge in [0.2, 0.25) is 0 Å². The standard InChI is InChI=1S/C15H21NO2S/c1-5-6-8-18-14-10-12(2)15(13(3)11-14)19-9-7-16-17-4/h5-7,10-11H,8-9H2,1-4H3/b6-5+,16-7+. The summed E-state index contributed by atoms with van der Waals surface area (Å²) in [5.74, 6) is 1.72. The normalized spacial score (nSPS) is 11.4. The fourth-order valence-corrected chi connectivity index (χ4v) is 2.56. The van der Waals surface area contributed by atoms with Gasteiger partial charge in [0.15, 0.2) is 0 Å². The minimum absolute atomic E-state index is 0.613. The van der Waals surface area contributed by atoms with E-state index in [1.54, 1.807) is 25.1 Å². The molecule has 0 aromatic heterocycles. The zero-order valence-corrected chi connectivity index (χ0v) is 12.8. The van der Waals surface area contributed by atoms with Gasteiger partial charge < -0.3 is 9.57 Å². The van der Waals surface area contributed by atoms with Crippen molar-refractivity contribution in [3.8, 4) is 5.75 Å². The zero-order chi connectivity index (χ0) is 14.1. The number of hydrogen-bond donors (Lipinski definition) is 0. The number of rotatable bonds is 7. The average Bonchev–Trinajstić information content (AvgIpc) is 2.37. The summed E-state index contributed by atoms with van der Waals surface area (Å²) in [5, 5.41) is 3.74.